The SMILES string of the molecule is N#Cc1cc(Cl)cc(Oc2c(C(F)F)nc[nH]c2=O)c1F. The highest BCUT2D eigenvalue weighted by atomic mass is 35.5. The molecule has 9 heteroatoms. The number of benzene rings is 1. The molecule has 0 fully saturated rings. The van der Waals surface area contributed by atoms with Crippen LogP contribution >= 0.6 is 11.6 Å². The van der Waals surface area contributed by atoms with Crippen LogP contribution in [0.25, 0.3) is 0 Å². The molecule has 0 atom stereocenters. The molecule has 0 amide bonds. The molecule has 0 aliphatic heterocycles. The minimum Gasteiger partial charge on any atom is -0.446 e. The average molecular weight is 316 g/mol. The highest BCUT2D eigenvalue weighted by Gasteiger charge is 2.22. The second kappa shape index (κ2) is 5.85. The van der Waals surface area contributed by atoms with Crippen LogP contribution in [0.15, 0.2) is 23.3 Å². The van der Waals surface area contributed by atoms with Crippen molar-refractivity contribution in [2.24, 2.45) is 0 Å². The predicted octanol–water partition coefficient (Wildman–Crippen LogP) is 3.16. The quantitative estimate of drug-likeness (QED) is 0.943. The molecule has 21 heavy (non-hydrogen) atoms. The number of rotatable bonds is 3. The summed E-state index contributed by atoms with van der Waals surface area (Å²) in [5, 5.41) is 8.67. The van der Waals surface area contributed by atoms with E-state index in [9.17, 15) is 18.0 Å². The summed E-state index contributed by atoms with van der Waals surface area (Å²) in [5.74, 6) is -2.61. The predicted molar refractivity (Wildman–Crippen MR) is 66.0 cm³/mol. The molecule has 2 aromatic rings. The molecule has 108 valence electrons. The maximum absolute atomic E-state index is 13.9. The Hall–Kier alpha value is -2.53. The normalized spacial score (nSPS) is 10.5. The van der Waals surface area contributed by atoms with Crippen LogP contribution in [0.1, 0.15) is 17.7 Å². The molecule has 0 aliphatic carbocycles. The van der Waals surface area contributed by atoms with Crippen LogP contribution in [0.3, 0.4) is 0 Å². The summed E-state index contributed by atoms with van der Waals surface area (Å²) in [6.45, 7) is 0. The van der Waals surface area contributed by atoms with Gasteiger partial charge in [0.1, 0.15) is 6.07 Å². The molecule has 0 radical (unpaired) electrons. The number of aromatic nitrogens is 2. The van der Waals surface area contributed by atoms with E-state index in [1.165, 1.54) is 6.07 Å². The fourth-order valence-electron chi connectivity index (χ4n) is 1.48. The van der Waals surface area contributed by atoms with E-state index >= 15 is 0 Å². The molecule has 0 saturated heterocycles. The van der Waals surface area contributed by atoms with Crippen molar-refractivity contribution in [2.45, 2.75) is 6.43 Å². The van der Waals surface area contributed by atoms with Crippen molar-refractivity contribution in [1.82, 2.24) is 9.97 Å². The Morgan fingerprint density at radius 3 is 2.76 bits per heavy atom. The third-order valence-electron chi connectivity index (χ3n) is 2.38. The standard InChI is InChI=1S/C12H5ClF3N3O2/c13-6-1-5(3-17)8(14)7(2-6)21-10-9(11(15)16)18-4-19-12(10)20/h1-2,4,11H,(H,18,19,20). The van der Waals surface area contributed by atoms with Gasteiger partial charge in [-0.05, 0) is 6.07 Å². The zero-order valence-corrected chi connectivity index (χ0v) is 10.8. The minimum atomic E-state index is -3.10. The molecule has 0 bridgehead atoms. The van der Waals surface area contributed by atoms with Crippen LogP contribution in [0.4, 0.5) is 13.2 Å². The Labute approximate surface area is 120 Å². The maximum Gasteiger partial charge on any atom is 0.294 e. The summed E-state index contributed by atoms with van der Waals surface area (Å²) in [5.41, 5.74) is -2.41. The lowest BCUT2D eigenvalue weighted by molar-refractivity contribution is 0.141. The molecular formula is C12H5ClF3N3O2. The van der Waals surface area contributed by atoms with Gasteiger partial charge in [-0.15, -0.1) is 0 Å². The Morgan fingerprint density at radius 1 is 1.43 bits per heavy atom. The summed E-state index contributed by atoms with van der Waals surface area (Å²) in [6, 6.07) is 3.52. The van der Waals surface area contributed by atoms with Gasteiger partial charge in [-0.2, -0.15) is 5.26 Å². The number of nitrogens with zero attached hydrogens (tertiary/aromatic N) is 2. The summed E-state index contributed by atoms with van der Waals surface area (Å²) in [7, 11) is 0. The highest BCUT2D eigenvalue weighted by molar-refractivity contribution is 6.30. The van der Waals surface area contributed by atoms with Crippen molar-refractivity contribution >= 4 is 11.6 Å². The molecule has 1 heterocycles. The number of nitrogens with one attached hydrogen (secondary N) is 1. The fraction of sp³-hybridized carbons (Fsp3) is 0.0833. The van der Waals surface area contributed by atoms with Crippen molar-refractivity contribution in [2.75, 3.05) is 0 Å². The van der Waals surface area contributed by atoms with Gasteiger partial charge in [-0.1, -0.05) is 11.6 Å². The lowest BCUT2D eigenvalue weighted by Crippen LogP contribution is -2.13. The molecule has 0 saturated carbocycles. The van der Waals surface area contributed by atoms with Gasteiger partial charge < -0.3 is 9.72 Å². The Kier molecular flexibility index (Phi) is 4.14. The number of halogens is 4. The maximum atomic E-state index is 13.9. The average Bonchev–Trinajstić information content (AvgIpc) is 2.44. The number of H-pyrrole nitrogens is 1. The summed E-state index contributed by atoms with van der Waals surface area (Å²) < 4.78 is 44.3. The number of ether oxygens (including phenoxy) is 1. The van der Waals surface area contributed by atoms with Crippen LogP contribution in [0.5, 0.6) is 11.5 Å². The molecule has 0 unspecified atom stereocenters. The summed E-state index contributed by atoms with van der Waals surface area (Å²) in [4.78, 5) is 16.8. The van der Waals surface area contributed by atoms with E-state index in [4.69, 9.17) is 21.6 Å². The first-order chi connectivity index (χ1) is 9.93. The zero-order chi connectivity index (χ0) is 15.6. The van der Waals surface area contributed by atoms with Crippen LogP contribution in [-0.2, 0) is 0 Å². The first-order valence-corrected chi connectivity index (χ1v) is 5.74. The van der Waals surface area contributed by atoms with Crippen LogP contribution in [-0.4, -0.2) is 9.97 Å². The second-order valence-electron chi connectivity index (χ2n) is 3.73. The number of hydrogen-bond acceptors (Lipinski definition) is 4. The van der Waals surface area contributed by atoms with E-state index < -0.39 is 40.6 Å². The number of alkyl halides is 2. The molecule has 2 rings (SSSR count). The van der Waals surface area contributed by atoms with Gasteiger partial charge >= 0.3 is 0 Å². The minimum absolute atomic E-state index is 0.0538. The fourth-order valence-corrected chi connectivity index (χ4v) is 1.69. The van der Waals surface area contributed by atoms with Crippen LogP contribution in [0.2, 0.25) is 5.02 Å². The van der Waals surface area contributed by atoms with E-state index in [1.807, 2.05) is 4.98 Å². The molecule has 1 aromatic carbocycles. The lowest BCUT2D eigenvalue weighted by atomic mass is 10.2. The van der Waals surface area contributed by atoms with E-state index in [0.29, 0.717) is 0 Å². The molecule has 1 N–H and O–H groups in total. The van der Waals surface area contributed by atoms with Crippen molar-refractivity contribution < 1.29 is 17.9 Å². The van der Waals surface area contributed by atoms with Crippen molar-refractivity contribution in [3.8, 4) is 17.6 Å². The number of hydrogen-bond donors (Lipinski definition) is 1. The summed E-state index contributed by atoms with van der Waals surface area (Å²) in [6.07, 6.45) is -2.33. The van der Waals surface area contributed by atoms with Gasteiger partial charge in [-0.25, -0.2) is 18.2 Å². The van der Waals surface area contributed by atoms with E-state index in [1.54, 1.807) is 0 Å². The first kappa shape index (κ1) is 14.9. The van der Waals surface area contributed by atoms with E-state index in [-0.39, 0.29) is 5.02 Å². The van der Waals surface area contributed by atoms with Crippen molar-refractivity contribution in [3.63, 3.8) is 0 Å². The van der Waals surface area contributed by atoms with E-state index in [0.717, 1.165) is 18.5 Å². The van der Waals surface area contributed by atoms with Gasteiger partial charge in [0.05, 0.1) is 11.9 Å². The third kappa shape index (κ3) is 2.98. The Morgan fingerprint density at radius 2 is 2.14 bits per heavy atom. The molecule has 1 aromatic heterocycles. The Balaban J connectivity index is 2.57. The second-order valence-corrected chi connectivity index (χ2v) is 4.16. The van der Waals surface area contributed by atoms with Crippen LogP contribution < -0.4 is 10.3 Å². The molecule has 0 aliphatic rings. The van der Waals surface area contributed by atoms with Gasteiger partial charge in [0.15, 0.2) is 17.3 Å². The van der Waals surface area contributed by atoms with Gasteiger partial charge in [0.2, 0.25) is 5.75 Å². The highest BCUT2D eigenvalue weighted by Crippen LogP contribution is 2.31. The smallest absolute Gasteiger partial charge is 0.294 e. The monoisotopic (exact) mass is 315 g/mol. The molecule has 5 nitrogen and oxygen atoms in total. The first-order valence-electron chi connectivity index (χ1n) is 5.36. The zero-order valence-electron chi connectivity index (χ0n) is 10.0. The van der Waals surface area contributed by atoms with Crippen molar-refractivity contribution in [1.29, 1.82) is 5.26 Å². The summed E-state index contributed by atoms with van der Waals surface area (Å²) >= 11 is 5.66. The van der Waals surface area contributed by atoms with Gasteiger partial charge in [0, 0.05) is 11.1 Å². The molecule has 0 spiro atoms. The number of aromatic amines is 1. The third-order valence-corrected chi connectivity index (χ3v) is 2.60. The Bertz CT molecular complexity index is 786. The number of nitriles is 1. The van der Waals surface area contributed by atoms with Gasteiger partial charge in [0.25, 0.3) is 12.0 Å². The topological polar surface area (TPSA) is 78.8 Å². The van der Waals surface area contributed by atoms with Gasteiger partial charge in [-0.3, -0.25) is 4.79 Å². The van der Waals surface area contributed by atoms with E-state index in [2.05, 4.69) is 4.98 Å². The van der Waals surface area contributed by atoms with Crippen molar-refractivity contribution in [3.05, 3.63) is 50.9 Å². The molecular weight excluding hydrogens is 311 g/mol. The lowest BCUT2D eigenvalue weighted by Gasteiger charge is -2.10. The van der Waals surface area contributed by atoms with Crippen LogP contribution in [0, 0.1) is 17.1 Å². The largest absolute Gasteiger partial charge is 0.446 e.